The quantitative estimate of drug-likeness (QED) is 0.857. The van der Waals surface area contributed by atoms with Gasteiger partial charge in [0, 0.05) is 32.2 Å². The Bertz CT molecular complexity index is 632. The van der Waals surface area contributed by atoms with Crippen molar-refractivity contribution in [1.29, 1.82) is 0 Å². The first-order valence-corrected chi connectivity index (χ1v) is 7.99. The Morgan fingerprint density at radius 1 is 1.45 bits per heavy atom. The highest BCUT2D eigenvalue weighted by atomic mass is 16.5. The average molecular weight is 303 g/mol. The Morgan fingerprint density at radius 2 is 2.27 bits per heavy atom. The summed E-state index contributed by atoms with van der Waals surface area (Å²) in [5.74, 6) is 1.04. The monoisotopic (exact) mass is 303 g/mol. The first kappa shape index (κ1) is 15.5. The van der Waals surface area contributed by atoms with Crippen molar-refractivity contribution in [2.24, 2.45) is 12.5 Å². The van der Waals surface area contributed by atoms with Crippen molar-refractivity contribution in [1.82, 2.24) is 14.9 Å². The van der Waals surface area contributed by atoms with Crippen molar-refractivity contribution >= 4 is 11.0 Å². The minimum absolute atomic E-state index is 0.0631. The summed E-state index contributed by atoms with van der Waals surface area (Å²) in [7, 11) is 2.06. The molecule has 1 fully saturated rings. The Hall–Kier alpha value is -1.43. The summed E-state index contributed by atoms with van der Waals surface area (Å²) < 4.78 is 7.70. The highest BCUT2D eigenvalue weighted by Gasteiger charge is 2.34. The standard InChI is InChI=1S/C17H25N3O2/c1-13(18-11-17(7-9-21)8-10-22-12-17)16-19-14-5-3-4-6-15(14)20(16)2/h3-6,13,18,21H,7-12H2,1-2H3. The van der Waals surface area contributed by atoms with Crippen LogP contribution in [0.2, 0.25) is 0 Å². The number of hydrogen-bond acceptors (Lipinski definition) is 4. The number of aliphatic hydroxyl groups is 1. The Labute approximate surface area is 131 Å². The van der Waals surface area contributed by atoms with Crippen LogP contribution >= 0.6 is 0 Å². The zero-order chi connectivity index (χ0) is 15.6. The van der Waals surface area contributed by atoms with E-state index in [0.29, 0.717) is 0 Å². The van der Waals surface area contributed by atoms with Crippen LogP contribution in [-0.4, -0.2) is 41.0 Å². The molecule has 1 aliphatic rings. The van der Waals surface area contributed by atoms with Crippen molar-refractivity contribution < 1.29 is 9.84 Å². The summed E-state index contributed by atoms with van der Waals surface area (Å²) in [6.07, 6.45) is 1.80. The van der Waals surface area contributed by atoms with Gasteiger partial charge in [0.05, 0.1) is 23.7 Å². The van der Waals surface area contributed by atoms with Crippen LogP contribution in [0, 0.1) is 5.41 Å². The zero-order valence-corrected chi connectivity index (χ0v) is 13.4. The molecule has 0 radical (unpaired) electrons. The summed E-state index contributed by atoms with van der Waals surface area (Å²) in [6.45, 7) is 4.73. The maximum absolute atomic E-state index is 9.31. The highest BCUT2D eigenvalue weighted by molar-refractivity contribution is 5.75. The van der Waals surface area contributed by atoms with Gasteiger partial charge in [-0.3, -0.25) is 0 Å². The number of nitrogens with zero attached hydrogens (tertiary/aromatic N) is 2. The molecular weight excluding hydrogens is 278 g/mol. The number of benzene rings is 1. The van der Waals surface area contributed by atoms with Gasteiger partial charge in [-0.1, -0.05) is 12.1 Å². The Balaban J connectivity index is 1.73. The fourth-order valence-electron chi connectivity index (χ4n) is 3.32. The van der Waals surface area contributed by atoms with E-state index < -0.39 is 0 Å². The molecule has 2 unspecified atom stereocenters. The lowest BCUT2D eigenvalue weighted by Gasteiger charge is -2.28. The molecule has 22 heavy (non-hydrogen) atoms. The van der Waals surface area contributed by atoms with Crippen LogP contribution in [-0.2, 0) is 11.8 Å². The van der Waals surface area contributed by atoms with Crippen LogP contribution < -0.4 is 5.32 Å². The van der Waals surface area contributed by atoms with E-state index in [9.17, 15) is 5.11 Å². The number of hydrogen-bond donors (Lipinski definition) is 2. The molecule has 5 heteroatoms. The lowest BCUT2D eigenvalue weighted by Crippen LogP contribution is -2.37. The van der Waals surface area contributed by atoms with Gasteiger partial charge in [0.15, 0.2) is 0 Å². The number of aliphatic hydroxyl groups excluding tert-OH is 1. The molecule has 120 valence electrons. The smallest absolute Gasteiger partial charge is 0.126 e. The van der Waals surface area contributed by atoms with Gasteiger partial charge in [-0.25, -0.2) is 4.98 Å². The normalized spacial score (nSPS) is 23.2. The molecule has 2 atom stereocenters. The van der Waals surface area contributed by atoms with Crippen LogP contribution in [0.25, 0.3) is 11.0 Å². The largest absolute Gasteiger partial charge is 0.396 e. The highest BCUT2D eigenvalue weighted by Crippen LogP contribution is 2.32. The molecule has 1 saturated heterocycles. The van der Waals surface area contributed by atoms with E-state index in [2.05, 4.69) is 29.9 Å². The molecular formula is C17H25N3O2. The first-order chi connectivity index (χ1) is 10.7. The van der Waals surface area contributed by atoms with Crippen LogP contribution in [0.1, 0.15) is 31.6 Å². The van der Waals surface area contributed by atoms with E-state index in [1.165, 1.54) is 0 Å². The van der Waals surface area contributed by atoms with Gasteiger partial charge in [-0.15, -0.1) is 0 Å². The van der Waals surface area contributed by atoms with Gasteiger partial charge in [0.25, 0.3) is 0 Å². The first-order valence-electron chi connectivity index (χ1n) is 7.99. The summed E-state index contributed by atoms with van der Waals surface area (Å²) >= 11 is 0. The van der Waals surface area contributed by atoms with E-state index in [0.717, 1.165) is 49.5 Å². The molecule has 2 aromatic rings. The number of imidazole rings is 1. The number of aromatic nitrogens is 2. The van der Waals surface area contributed by atoms with E-state index in [4.69, 9.17) is 9.72 Å². The molecule has 1 aromatic heterocycles. The zero-order valence-electron chi connectivity index (χ0n) is 13.4. The molecule has 2 heterocycles. The third-order valence-corrected chi connectivity index (χ3v) is 4.82. The van der Waals surface area contributed by atoms with Crippen LogP contribution in [0.15, 0.2) is 24.3 Å². The summed E-state index contributed by atoms with van der Waals surface area (Å²) in [6, 6.07) is 8.36. The minimum Gasteiger partial charge on any atom is -0.396 e. The molecule has 0 spiro atoms. The molecule has 0 amide bonds. The van der Waals surface area contributed by atoms with Crippen LogP contribution in [0.5, 0.6) is 0 Å². The maximum atomic E-state index is 9.31. The van der Waals surface area contributed by atoms with Crippen molar-refractivity contribution in [2.75, 3.05) is 26.4 Å². The second kappa shape index (κ2) is 6.36. The van der Waals surface area contributed by atoms with Crippen molar-refractivity contribution in [3.63, 3.8) is 0 Å². The Kier molecular flexibility index (Phi) is 4.47. The molecule has 5 nitrogen and oxygen atoms in total. The van der Waals surface area contributed by atoms with Gasteiger partial charge < -0.3 is 19.7 Å². The number of para-hydroxylation sites is 2. The predicted octanol–water partition coefficient (Wildman–Crippen LogP) is 2.01. The van der Waals surface area contributed by atoms with Crippen molar-refractivity contribution in [2.45, 2.75) is 25.8 Å². The summed E-state index contributed by atoms with van der Waals surface area (Å²) in [5, 5.41) is 12.9. The second-order valence-corrected chi connectivity index (χ2v) is 6.40. The van der Waals surface area contributed by atoms with Gasteiger partial charge in [0.1, 0.15) is 5.82 Å². The molecule has 0 aliphatic carbocycles. The van der Waals surface area contributed by atoms with E-state index >= 15 is 0 Å². The van der Waals surface area contributed by atoms with Crippen molar-refractivity contribution in [3.05, 3.63) is 30.1 Å². The number of ether oxygens (including phenoxy) is 1. The molecule has 0 bridgehead atoms. The SMILES string of the molecule is CC(NCC1(CCO)CCOC1)c1nc2ccccc2n1C. The summed E-state index contributed by atoms with van der Waals surface area (Å²) in [4.78, 5) is 4.75. The third-order valence-electron chi connectivity index (χ3n) is 4.82. The van der Waals surface area contributed by atoms with Crippen LogP contribution in [0.4, 0.5) is 0 Å². The lowest BCUT2D eigenvalue weighted by atomic mass is 9.84. The molecule has 0 saturated carbocycles. The van der Waals surface area contributed by atoms with Crippen molar-refractivity contribution in [3.8, 4) is 0 Å². The maximum Gasteiger partial charge on any atom is 0.126 e. The fourth-order valence-corrected chi connectivity index (χ4v) is 3.32. The van der Waals surface area contributed by atoms with E-state index in [1.54, 1.807) is 0 Å². The molecule has 1 aromatic carbocycles. The minimum atomic E-state index is 0.0631. The van der Waals surface area contributed by atoms with E-state index in [-0.39, 0.29) is 18.1 Å². The Morgan fingerprint density at radius 3 is 2.95 bits per heavy atom. The topological polar surface area (TPSA) is 59.3 Å². The number of nitrogens with one attached hydrogen (secondary N) is 1. The number of fused-ring (bicyclic) bond motifs is 1. The van der Waals surface area contributed by atoms with Crippen LogP contribution in [0.3, 0.4) is 0 Å². The summed E-state index contributed by atoms with van der Waals surface area (Å²) in [5.41, 5.74) is 2.25. The number of rotatable bonds is 6. The van der Waals surface area contributed by atoms with Gasteiger partial charge in [0.2, 0.25) is 0 Å². The molecule has 3 rings (SSSR count). The predicted molar refractivity (Wildman–Crippen MR) is 86.7 cm³/mol. The van der Waals surface area contributed by atoms with Gasteiger partial charge in [-0.05, 0) is 31.9 Å². The van der Waals surface area contributed by atoms with E-state index in [1.807, 2.05) is 18.2 Å². The number of aryl methyl sites for hydroxylation is 1. The van der Waals surface area contributed by atoms with Gasteiger partial charge in [-0.2, -0.15) is 0 Å². The third kappa shape index (κ3) is 2.89. The fraction of sp³-hybridized carbons (Fsp3) is 0.588. The van der Waals surface area contributed by atoms with Gasteiger partial charge >= 0.3 is 0 Å². The molecule has 2 N–H and O–H groups in total. The lowest BCUT2D eigenvalue weighted by molar-refractivity contribution is 0.122. The average Bonchev–Trinajstić information content (AvgIpc) is 3.12. The second-order valence-electron chi connectivity index (χ2n) is 6.40. The molecule has 1 aliphatic heterocycles.